The van der Waals surface area contributed by atoms with E-state index in [0.717, 1.165) is 31.2 Å². The number of anilines is 2. The van der Waals surface area contributed by atoms with Crippen molar-refractivity contribution in [1.29, 1.82) is 5.26 Å². The normalized spacial score (nSPS) is 21.1. The number of sulfonamides is 1. The number of nitrogens with zero attached hydrogens (tertiary/aromatic N) is 3. The monoisotopic (exact) mass is 673 g/mol. The van der Waals surface area contributed by atoms with E-state index in [0.29, 0.717) is 55.0 Å². The van der Waals surface area contributed by atoms with Crippen LogP contribution in [0.3, 0.4) is 0 Å². The highest BCUT2D eigenvalue weighted by Gasteiger charge is 2.45. The van der Waals surface area contributed by atoms with Crippen LogP contribution in [-0.4, -0.2) is 81.5 Å². The smallest absolute Gasteiger partial charge is 0.381 e. The molecule has 45 heavy (non-hydrogen) atoms. The molecule has 1 saturated carbocycles. The van der Waals surface area contributed by atoms with Gasteiger partial charge in [-0.2, -0.15) is 18.4 Å². The number of alkyl halides is 3. The molecular weight excluding hydrogens is 635 g/mol. The Bertz CT molecular complexity index is 1410. The fourth-order valence-electron chi connectivity index (χ4n) is 5.40. The van der Waals surface area contributed by atoms with Gasteiger partial charge in [-0.05, 0) is 63.6 Å². The van der Waals surface area contributed by atoms with Crippen LogP contribution in [0.2, 0.25) is 5.02 Å². The molecule has 1 aliphatic heterocycles. The molecule has 1 unspecified atom stereocenters. The zero-order chi connectivity index (χ0) is 32.5. The summed E-state index contributed by atoms with van der Waals surface area (Å²) in [6.07, 6.45) is 6.56. The van der Waals surface area contributed by atoms with Crippen LogP contribution in [0.25, 0.3) is 11.3 Å². The van der Waals surface area contributed by atoms with Gasteiger partial charge in [0.15, 0.2) is 0 Å². The van der Waals surface area contributed by atoms with Crippen LogP contribution in [0.4, 0.5) is 24.8 Å². The first-order chi connectivity index (χ1) is 21.4. The Morgan fingerprint density at radius 3 is 2.58 bits per heavy atom. The molecule has 0 radical (unpaired) electrons. The molecule has 0 bridgehead atoms. The van der Waals surface area contributed by atoms with Crippen molar-refractivity contribution in [3.05, 3.63) is 35.5 Å². The van der Waals surface area contributed by atoms with Crippen LogP contribution in [0.15, 0.2) is 30.5 Å². The molecule has 248 valence electrons. The highest BCUT2D eigenvalue weighted by molar-refractivity contribution is 7.90. The van der Waals surface area contributed by atoms with Gasteiger partial charge in [0.1, 0.15) is 11.6 Å². The van der Waals surface area contributed by atoms with Crippen LogP contribution in [-0.2, 0) is 19.5 Å². The van der Waals surface area contributed by atoms with Gasteiger partial charge in [0.25, 0.3) is 0 Å². The Balaban J connectivity index is 1.22. The van der Waals surface area contributed by atoms with E-state index in [2.05, 4.69) is 27.0 Å². The molecule has 4 rings (SSSR count). The molecular formula is C29H39ClF3N7O4S. The Kier molecular flexibility index (Phi) is 12.3. The second kappa shape index (κ2) is 15.7. The van der Waals surface area contributed by atoms with Crippen molar-refractivity contribution in [2.75, 3.05) is 50.2 Å². The van der Waals surface area contributed by atoms with E-state index in [4.69, 9.17) is 26.1 Å². The van der Waals surface area contributed by atoms with Crippen LogP contribution < -0.4 is 20.7 Å². The van der Waals surface area contributed by atoms with Gasteiger partial charge in [0.05, 0.1) is 35.4 Å². The number of aromatic nitrogens is 2. The molecule has 11 nitrogen and oxygen atoms in total. The Labute approximate surface area is 266 Å². The maximum absolute atomic E-state index is 12.4. The van der Waals surface area contributed by atoms with Crippen molar-refractivity contribution in [1.82, 2.24) is 20.0 Å². The summed E-state index contributed by atoms with van der Waals surface area (Å²) in [6.45, 7) is 3.17. The van der Waals surface area contributed by atoms with E-state index < -0.39 is 27.5 Å². The first-order valence-electron chi connectivity index (χ1n) is 14.9. The number of pyridine rings is 2. The van der Waals surface area contributed by atoms with Crippen molar-refractivity contribution < 1.29 is 31.1 Å². The molecule has 3 heterocycles. The average Bonchev–Trinajstić information content (AvgIpc) is 3.02. The van der Waals surface area contributed by atoms with Crippen molar-refractivity contribution >= 4 is 33.3 Å². The van der Waals surface area contributed by atoms with Crippen molar-refractivity contribution in [3.63, 3.8) is 0 Å². The number of rotatable bonds is 14. The van der Waals surface area contributed by atoms with Gasteiger partial charge in [0.2, 0.25) is 0 Å². The highest BCUT2D eigenvalue weighted by Crippen LogP contribution is 2.32. The number of nitrogens with one attached hydrogen (secondary N) is 4. The molecule has 0 amide bonds. The fourth-order valence-corrected chi connectivity index (χ4v) is 6.12. The quantitative estimate of drug-likeness (QED) is 0.208. The first kappa shape index (κ1) is 35.1. The number of hydrogen-bond acceptors (Lipinski definition) is 10. The maximum Gasteiger partial charge on any atom is 0.511 e. The van der Waals surface area contributed by atoms with Crippen LogP contribution in [0, 0.1) is 16.7 Å². The summed E-state index contributed by atoms with van der Waals surface area (Å²) in [5.41, 5.74) is -4.38. The van der Waals surface area contributed by atoms with Gasteiger partial charge in [-0.25, -0.2) is 23.1 Å². The predicted octanol–water partition coefficient (Wildman–Crippen LogP) is 4.69. The van der Waals surface area contributed by atoms with Crippen LogP contribution >= 0.6 is 11.6 Å². The van der Waals surface area contributed by atoms with Crippen LogP contribution in [0.5, 0.6) is 0 Å². The van der Waals surface area contributed by atoms with Gasteiger partial charge in [0, 0.05) is 56.2 Å². The van der Waals surface area contributed by atoms with Crippen molar-refractivity contribution in [3.8, 4) is 17.3 Å². The second-order valence-corrected chi connectivity index (χ2v) is 13.7. The molecule has 4 N–H and O–H groups in total. The lowest BCUT2D eigenvalue weighted by atomic mass is 9.82. The number of hydrogen-bond donors (Lipinski definition) is 4. The molecule has 2 aliphatic rings. The minimum absolute atomic E-state index is 0.0564. The van der Waals surface area contributed by atoms with E-state index in [-0.39, 0.29) is 31.3 Å². The second-order valence-electron chi connectivity index (χ2n) is 11.5. The van der Waals surface area contributed by atoms with Gasteiger partial charge in [-0.3, -0.25) is 0 Å². The standard InChI is InChI=1S/C29H39ClF3N7O4S/c1-20(17-44-14-11-37-45(41,42)29(31,32)33)38-21-5-7-22(8-6-21)39-27-15-23(24(30)16-35-27)25-3-2-4-26(40-25)36-19-28(18-34)9-12-43-13-10-28/h2-4,15-16,20-22,37-38H,5-14,17,19H2,1H3,(H,35,39)(H,36,40). The number of ether oxygens (including phenoxy) is 2. The Morgan fingerprint density at radius 1 is 1.18 bits per heavy atom. The van der Waals surface area contributed by atoms with E-state index in [1.807, 2.05) is 31.2 Å². The molecule has 2 fully saturated rings. The molecule has 16 heteroatoms. The molecule has 0 aromatic carbocycles. The third-order valence-electron chi connectivity index (χ3n) is 7.99. The first-order valence-corrected chi connectivity index (χ1v) is 16.8. The van der Waals surface area contributed by atoms with Gasteiger partial charge in [-0.1, -0.05) is 17.7 Å². The van der Waals surface area contributed by atoms with E-state index in [1.54, 1.807) is 6.20 Å². The lowest BCUT2D eigenvalue weighted by molar-refractivity contribution is -0.0449. The fraction of sp³-hybridized carbons (Fsp3) is 0.621. The summed E-state index contributed by atoms with van der Waals surface area (Å²) < 4.78 is 71.4. The third kappa shape index (κ3) is 10.1. The van der Waals surface area contributed by atoms with E-state index in [1.165, 1.54) is 4.72 Å². The summed E-state index contributed by atoms with van der Waals surface area (Å²) in [6, 6.07) is 10.4. The molecule has 1 atom stereocenters. The molecule has 0 spiro atoms. The Hall–Kier alpha value is -2.74. The topological polar surface area (TPSA) is 150 Å². The number of nitriles is 1. The SMILES string of the molecule is CC(COCCNS(=O)(=O)C(F)(F)F)NC1CCC(Nc2cc(-c3cccc(NCC4(C#N)CCOCC4)n3)c(Cl)cn2)CC1. The summed E-state index contributed by atoms with van der Waals surface area (Å²) in [5.74, 6) is 1.35. The van der Waals surface area contributed by atoms with Crippen molar-refractivity contribution in [2.45, 2.75) is 69.1 Å². The lowest BCUT2D eigenvalue weighted by Gasteiger charge is -2.32. The summed E-state index contributed by atoms with van der Waals surface area (Å²) in [4.78, 5) is 9.22. The van der Waals surface area contributed by atoms with Crippen molar-refractivity contribution in [2.24, 2.45) is 5.41 Å². The van der Waals surface area contributed by atoms with E-state index >= 15 is 0 Å². The largest absolute Gasteiger partial charge is 0.511 e. The summed E-state index contributed by atoms with van der Waals surface area (Å²) in [5, 5.41) is 20.5. The third-order valence-corrected chi connectivity index (χ3v) is 9.48. The number of halogens is 4. The Morgan fingerprint density at radius 2 is 1.89 bits per heavy atom. The maximum atomic E-state index is 12.4. The average molecular weight is 674 g/mol. The molecule has 2 aromatic rings. The molecule has 1 aliphatic carbocycles. The summed E-state index contributed by atoms with van der Waals surface area (Å²) >= 11 is 6.53. The van der Waals surface area contributed by atoms with Gasteiger partial charge >= 0.3 is 15.5 Å². The predicted molar refractivity (Wildman–Crippen MR) is 165 cm³/mol. The van der Waals surface area contributed by atoms with Gasteiger partial charge < -0.3 is 25.4 Å². The van der Waals surface area contributed by atoms with E-state index in [9.17, 15) is 26.9 Å². The highest BCUT2D eigenvalue weighted by atomic mass is 35.5. The minimum Gasteiger partial charge on any atom is -0.381 e. The van der Waals surface area contributed by atoms with Gasteiger partial charge in [-0.15, -0.1) is 0 Å². The van der Waals surface area contributed by atoms with Crippen LogP contribution in [0.1, 0.15) is 45.4 Å². The zero-order valence-electron chi connectivity index (χ0n) is 25.0. The summed E-state index contributed by atoms with van der Waals surface area (Å²) in [7, 11) is -5.36. The molecule has 2 aromatic heterocycles. The lowest BCUT2D eigenvalue weighted by Crippen LogP contribution is -2.43. The minimum atomic E-state index is -5.36. The molecule has 1 saturated heterocycles. The zero-order valence-corrected chi connectivity index (χ0v) is 26.6.